The summed E-state index contributed by atoms with van der Waals surface area (Å²) in [5, 5.41) is 3.63. The zero-order chi connectivity index (χ0) is 15.6. The van der Waals surface area contributed by atoms with E-state index in [2.05, 4.69) is 48.3 Å². The molecule has 0 amide bonds. The van der Waals surface area contributed by atoms with Crippen LogP contribution in [0.2, 0.25) is 0 Å². The average molecular weight is 304 g/mol. The summed E-state index contributed by atoms with van der Waals surface area (Å²) in [6.07, 6.45) is 1.32. The van der Waals surface area contributed by atoms with Gasteiger partial charge >= 0.3 is 0 Å². The van der Waals surface area contributed by atoms with Crippen LogP contribution in [0.5, 0.6) is 5.75 Å². The lowest BCUT2D eigenvalue weighted by atomic mass is 9.73. The molecule has 1 aromatic carbocycles. The number of anilines is 1. The Labute approximate surface area is 133 Å². The largest absolute Gasteiger partial charge is 0.491 e. The highest BCUT2D eigenvalue weighted by atomic mass is 16.5. The number of hydrogen-bond acceptors (Lipinski definition) is 4. The van der Waals surface area contributed by atoms with Crippen molar-refractivity contribution in [1.29, 1.82) is 0 Å². The Morgan fingerprint density at radius 2 is 1.95 bits per heavy atom. The number of rotatable bonds is 5. The molecule has 0 unspecified atom stereocenters. The summed E-state index contributed by atoms with van der Waals surface area (Å²) in [6.45, 7) is 9.42. The Balaban J connectivity index is 1.73. The molecule has 4 rings (SSSR count). The van der Waals surface area contributed by atoms with Gasteiger partial charge in [0, 0.05) is 31.9 Å². The fourth-order valence-corrected chi connectivity index (χ4v) is 3.98. The smallest absolute Gasteiger partial charge is 0.119 e. The van der Waals surface area contributed by atoms with Gasteiger partial charge in [-0.15, -0.1) is 0 Å². The molecule has 2 bridgehead atoms. The molecule has 3 aliphatic rings. The predicted octanol–water partition coefficient (Wildman–Crippen LogP) is 2.54. The third kappa shape index (κ3) is 3.23. The normalized spacial score (nSPS) is 26.8. The van der Waals surface area contributed by atoms with E-state index in [1.807, 2.05) is 0 Å². The lowest BCUT2D eigenvalue weighted by Gasteiger charge is -2.48. The van der Waals surface area contributed by atoms with Gasteiger partial charge in [0.2, 0.25) is 0 Å². The molecule has 3 heterocycles. The third-order valence-corrected chi connectivity index (χ3v) is 5.04. The average Bonchev–Trinajstić information content (AvgIpc) is 2.78. The summed E-state index contributed by atoms with van der Waals surface area (Å²) in [4.78, 5) is 2.59. The lowest BCUT2D eigenvalue weighted by molar-refractivity contribution is 0.146. The molecule has 0 aromatic heterocycles. The monoisotopic (exact) mass is 304 g/mol. The lowest BCUT2D eigenvalue weighted by Crippen LogP contribution is -2.53. The summed E-state index contributed by atoms with van der Waals surface area (Å²) in [6, 6.07) is 9.10. The highest BCUT2D eigenvalue weighted by Gasteiger charge is 2.43. The van der Waals surface area contributed by atoms with E-state index in [0.29, 0.717) is 24.7 Å². The van der Waals surface area contributed by atoms with Crippen LogP contribution in [-0.2, 0) is 4.74 Å². The van der Waals surface area contributed by atoms with E-state index in [4.69, 9.17) is 9.47 Å². The number of nitrogens with zero attached hydrogens (tertiary/aromatic N) is 1. The van der Waals surface area contributed by atoms with E-state index in [-0.39, 0.29) is 0 Å². The van der Waals surface area contributed by atoms with Gasteiger partial charge in [0.15, 0.2) is 0 Å². The van der Waals surface area contributed by atoms with E-state index in [0.717, 1.165) is 31.3 Å². The molecular weight excluding hydrogens is 276 g/mol. The van der Waals surface area contributed by atoms with Crippen molar-refractivity contribution in [3.8, 4) is 5.75 Å². The van der Waals surface area contributed by atoms with Crippen molar-refractivity contribution in [2.75, 3.05) is 44.9 Å². The summed E-state index contributed by atoms with van der Waals surface area (Å²) < 4.78 is 10.7. The Hall–Kier alpha value is -1.26. The number of methoxy groups -OCH3 is 1. The first kappa shape index (κ1) is 15.6. The molecular formula is C18H28N2O2. The first-order valence-electron chi connectivity index (χ1n) is 8.29. The zero-order valence-corrected chi connectivity index (χ0v) is 14.0. The van der Waals surface area contributed by atoms with Crippen LogP contribution in [0.4, 0.5) is 5.69 Å². The van der Waals surface area contributed by atoms with Crippen LogP contribution >= 0.6 is 0 Å². The highest BCUT2D eigenvalue weighted by Crippen LogP contribution is 2.41. The Bertz CT molecular complexity index is 486. The minimum atomic E-state index is 0.361. The fourth-order valence-electron chi connectivity index (χ4n) is 3.98. The molecule has 4 nitrogen and oxygen atoms in total. The summed E-state index contributed by atoms with van der Waals surface area (Å²) in [7, 11) is 1.69. The van der Waals surface area contributed by atoms with Crippen molar-refractivity contribution in [2.45, 2.75) is 26.3 Å². The van der Waals surface area contributed by atoms with Crippen LogP contribution < -0.4 is 15.0 Å². The van der Waals surface area contributed by atoms with Crippen LogP contribution in [0, 0.1) is 11.3 Å². The molecule has 0 spiro atoms. The van der Waals surface area contributed by atoms with Crippen LogP contribution in [-0.4, -0.2) is 46.0 Å². The van der Waals surface area contributed by atoms with Crippen molar-refractivity contribution in [3.63, 3.8) is 0 Å². The van der Waals surface area contributed by atoms with Gasteiger partial charge in [-0.05, 0) is 48.6 Å². The van der Waals surface area contributed by atoms with Gasteiger partial charge < -0.3 is 19.7 Å². The summed E-state index contributed by atoms with van der Waals surface area (Å²) in [5.41, 5.74) is 1.67. The van der Waals surface area contributed by atoms with Crippen molar-refractivity contribution >= 4 is 5.69 Å². The van der Waals surface area contributed by atoms with Crippen molar-refractivity contribution < 1.29 is 9.47 Å². The molecule has 3 fully saturated rings. The maximum atomic E-state index is 5.66. The van der Waals surface area contributed by atoms with Crippen LogP contribution in [0.25, 0.3) is 0 Å². The number of nitrogens with one attached hydrogen (secondary N) is 1. The van der Waals surface area contributed by atoms with Gasteiger partial charge in [-0.3, -0.25) is 0 Å². The second-order valence-corrected chi connectivity index (χ2v) is 7.22. The minimum absolute atomic E-state index is 0.361. The third-order valence-electron chi connectivity index (χ3n) is 5.04. The van der Waals surface area contributed by atoms with Gasteiger partial charge in [-0.2, -0.15) is 0 Å². The number of fused-ring (bicyclic) bond motifs is 4. The molecule has 3 saturated heterocycles. The van der Waals surface area contributed by atoms with Crippen LogP contribution in [0.3, 0.4) is 0 Å². The van der Waals surface area contributed by atoms with Crippen molar-refractivity contribution in [2.24, 2.45) is 11.3 Å². The molecule has 0 radical (unpaired) electrons. The predicted molar refractivity (Wildman–Crippen MR) is 89.7 cm³/mol. The molecule has 3 aliphatic heterocycles. The van der Waals surface area contributed by atoms with Crippen molar-refractivity contribution in [3.05, 3.63) is 24.3 Å². The van der Waals surface area contributed by atoms with Gasteiger partial charge in [-0.25, -0.2) is 0 Å². The second-order valence-electron chi connectivity index (χ2n) is 7.22. The van der Waals surface area contributed by atoms with Crippen molar-refractivity contribution in [1.82, 2.24) is 5.32 Å². The fraction of sp³-hybridized carbons (Fsp3) is 0.667. The zero-order valence-electron chi connectivity index (χ0n) is 14.0. The molecule has 0 saturated carbocycles. The first-order chi connectivity index (χ1) is 10.6. The maximum absolute atomic E-state index is 5.66. The molecule has 1 aromatic rings. The molecule has 4 heteroatoms. The maximum Gasteiger partial charge on any atom is 0.119 e. The quantitative estimate of drug-likeness (QED) is 0.848. The minimum Gasteiger partial charge on any atom is -0.491 e. The highest BCUT2D eigenvalue weighted by molar-refractivity contribution is 5.51. The topological polar surface area (TPSA) is 33.7 Å². The molecule has 2 atom stereocenters. The number of benzene rings is 1. The SMILES string of the molecule is COCCOc1ccc(N2C[C@H]3CNC[C@@H]2C(C)(C)C3)cc1. The van der Waals surface area contributed by atoms with E-state index in [9.17, 15) is 0 Å². The van der Waals surface area contributed by atoms with Gasteiger partial charge in [0.25, 0.3) is 0 Å². The number of ether oxygens (including phenoxy) is 2. The Morgan fingerprint density at radius 3 is 2.68 bits per heavy atom. The molecule has 122 valence electrons. The summed E-state index contributed by atoms with van der Waals surface area (Å²) in [5.74, 6) is 1.66. The Kier molecular flexibility index (Phi) is 4.59. The molecule has 22 heavy (non-hydrogen) atoms. The van der Waals surface area contributed by atoms with Crippen LogP contribution in [0.1, 0.15) is 20.3 Å². The number of hydrogen-bond donors (Lipinski definition) is 1. The van der Waals surface area contributed by atoms with E-state index >= 15 is 0 Å². The van der Waals surface area contributed by atoms with Gasteiger partial charge in [-0.1, -0.05) is 13.8 Å². The van der Waals surface area contributed by atoms with E-state index in [1.165, 1.54) is 12.1 Å². The first-order valence-corrected chi connectivity index (χ1v) is 8.29. The summed E-state index contributed by atoms with van der Waals surface area (Å²) >= 11 is 0. The van der Waals surface area contributed by atoms with E-state index in [1.54, 1.807) is 7.11 Å². The standard InChI is InChI=1S/C18H28N2O2/c1-18(2)10-14-11-19-12-17(18)20(13-14)15-4-6-16(7-5-15)22-9-8-21-3/h4-7,14,17,19H,8-13H2,1-3H3/t14-,17-/m1/s1. The van der Waals surface area contributed by atoms with Crippen LogP contribution in [0.15, 0.2) is 24.3 Å². The van der Waals surface area contributed by atoms with E-state index < -0.39 is 0 Å². The van der Waals surface area contributed by atoms with Gasteiger partial charge in [0.05, 0.1) is 6.61 Å². The molecule has 1 N–H and O–H groups in total. The number of piperidine rings is 1. The molecule has 0 aliphatic carbocycles. The van der Waals surface area contributed by atoms with Gasteiger partial charge in [0.1, 0.15) is 12.4 Å². The second kappa shape index (κ2) is 6.47. The Morgan fingerprint density at radius 1 is 1.18 bits per heavy atom.